The summed E-state index contributed by atoms with van der Waals surface area (Å²) in [5.74, 6) is 0. The number of hydrogen-bond donors (Lipinski definition) is 2. The van der Waals surface area contributed by atoms with E-state index in [-0.39, 0.29) is 5.56 Å². The number of aryl methyl sites for hydroxylation is 2. The summed E-state index contributed by atoms with van der Waals surface area (Å²) < 4.78 is 3.76. The fourth-order valence-corrected chi connectivity index (χ4v) is 3.03. The van der Waals surface area contributed by atoms with Crippen LogP contribution in [-0.2, 0) is 13.1 Å². The summed E-state index contributed by atoms with van der Waals surface area (Å²) in [6, 6.07) is 0. The molecule has 0 fully saturated rings. The zero-order chi connectivity index (χ0) is 16.4. The zero-order valence-electron chi connectivity index (χ0n) is 13.9. The molecule has 0 radical (unpaired) electrons. The van der Waals surface area contributed by atoms with Crippen LogP contribution in [-0.4, -0.2) is 19.3 Å². The third-order valence-electron chi connectivity index (χ3n) is 4.39. The van der Waals surface area contributed by atoms with Crippen LogP contribution in [0, 0.1) is 0 Å². The highest BCUT2D eigenvalue weighted by Crippen LogP contribution is 2.26. The van der Waals surface area contributed by atoms with Crippen molar-refractivity contribution in [3.8, 4) is 0 Å². The van der Waals surface area contributed by atoms with E-state index in [1.807, 2.05) is 17.1 Å². The molecule has 3 rings (SSSR count). The van der Waals surface area contributed by atoms with Crippen molar-refractivity contribution in [1.82, 2.24) is 19.3 Å². The van der Waals surface area contributed by atoms with E-state index in [2.05, 4.69) is 18.9 Å². The number of nitrogens with two attached hydrogens (primary N) is 1. The lowest BCUT2D eigenvalue weighted by molar-refractivity contribution is 0.564. The van der Waals surface area contributed by atoms with Crippen LogP contribution >= 0.6 is 0 Å². The van der Waals surface area contributed by atoms with E-state index in [1.165, 1.54) is 12.8 Å². The van der Waals surface area contributed by atoms with Crippen molar-refractivity contribution in [2.75, 3.05) is 5.73 Å². The maximum absolute atomic E-state index is 12.5. The maximum atomic E-state index is 12.5. The van der Waals surface area contributed by atoms with Crippen LogP contribution < -0.4 is 11.3 Å². The van der Waals surface area contributed by atoms with Gasteiger partial charge >= 0.3 is 0 Å². The largest absolute Gasteiger partial charge is 0.397 e. The Morgan fingerprint density at radius 3 is 2.70 bits per heavy atom. The molecule has 0 unspecified atom stereocenters. The summed E-state index contributed by atoms with van der Waals surface area (Å²) in [6.45, 7) is 5.91. The highest BCUT2D eigenvalue weighted by molar-refractivity contribution is 6.05. The Balaban J connectivity index is 2.08. The quantitative estimate of drug-likeness (QED) is 0.657. The number of unbranched alkanes of at least 4 members (excludes halogenated alkanes) is 3. The highest BCUT2D eigenvalue weighted by atomic mass is 16.1. The summed E-state index contributed by atoms with van der Waals surface area (Å²) in [4.78, 5) is 17.2. The van der Waals surface area contributed by atoms with Crippen molar-refractivity contribution < 1.29 is 0 Å². The summed E-state index contributed by atoms with van der Waals surface area (Å²) >= 11 is 0. The van der Waals surface area contributed by atoms with Crippen LogP contribution in [0.5, 0.6) is 0 Å². The standard InChI is InChI=1S/C17H25N5O/c1-3-5-7-9-22-16-12(10-19-22)15(18)14-13(20-16)11-21(17(14)23)8-6-4-2/h10-11,19H,3-9,18H2,1-2H3. The van der Waals surface area contributed by atoms with Crippen molar-refractivity contribution in [2.45, 2.75) is 59.0 Å². The minimum atomic E-state index is -0.0286. The molecule has 124 valence electrons. The number of nitrogens with zero attached hydrogens (tertiary/aromatic N) is 3. The SMILES string of the molecule is CCCCCn1[nH]cc2c(N)c3c(=O)n(CCCC)cc3nc21. The summed E-state index contributed by atoms with van der Waals surface area (Å²) in [5, 5.41) is 4.59. The lowest BCUT2D eigenvalue weighted by atomic mass is 10.2. The van der Waals surface area contributed by atoms with Gasteiger partial charge in [0.1, 0.15) is 0 Å². The average molecular weight is 315 g/mol. The fraction of sp³-hybridized carbons (Fsp3) is 0.529. The molecular formula is C17H25N5O. The number of aromatic nitrogens is 4. The Kier molecular flexibility index (Phi) is 4.41. The zero-order valence-corrected chi connectivity index (χ0v) is 13.9. The van der Waals surface area contributed by atoms with E-state index >= 15 is 0 Å². The molecule has 0 atom stereocenters. The first-order chi connectivity index (χ1) is 11.2. The Bertz CT molecular complexity index is 870. The molecule has 6 nitrogen and oxygen atoms in total. The first-order valence-electron chi connectivity index (χ1n) is 8.53. The van der Waals surface area contributed by atoms with Gasteiger partial charge in [-0.1, -0.05) is 33.1 Å². The van der Waals surface area contributed by atoms with E-state index in [1.54, 1.807) is 4.57 Å². The second kappa shape index (κ2) is 6.48. The van der Waals surface area contributed by atoms with Gasteiger partial charge in [0, 0.05) is 25.5 Å². The number of nitrogen functional groups attached to an aromatic ring is 1. The number of aromatic amines is 1. The number of rotatable bonds is 7. The molecule has 0 aliphatic rings. The van der Waals surface area contributed by atoms with Gasteiger partial charge in [-0.2, -0.15) is 0 Å². The van der Waals surface area contributed by atoms with Crippen LogP contribution in [0.2, 0.25) is 0 Å². The molecule has 3 N–H and O–H groups in total. The van der Waals surface area contributed by atoms with Crippen LogP contribution in [0.25, 0.3) is 21.9 Å². The first kappa shape index (κ1) is 15.6. The summed E-state index contributed by atoms with van der Waals surface area (Å²) in [5.41, 5.74) is 8.31. The number of pyridine rings is 1. The summed E-state index contributed by atoms with van der Waals surface area (Å²) in [6.07, 6.45) is 9.18. The van der Waals surface area contributed by atoms with Gasteiger partial charge in [0.2, 0.25) is 0 Å². The summed E-state index contributed by atoms with van der Waals surface area (Å²) in [7, 11) is 0. The van der Waals surface area contributed by atoms with Gasteiger partial charge in [0.05, 0.1) is 22.0 Å². The molecule has 0 saturated heterocycles. The lowest BCUT2D eigenvalue weighted by Crippen LogP contribution is -2.15. The number of H-pyrrole nitrogens is 1. The van der Waals surface area contributed by atoms with Gasteiger partial charge in [0.25, 0.3) is 5.56 Å². The molecular weight excluding hydrogens is 290 g/mol. The van der Waals surface area contributed by atoms with Crippen LogP contribution in [0.1, 0.15) is 46.0 Å². The molecule has 6 heteroatoms. The third kappa shape index (κ3) is 2.73. The van der Waals surface area contributed by atoms with Crippen molar-refractivity contribution in [3.63, 3.8) is 0 Å². The molecule has 0 aliphatic heterocycles. The van der Waals surface area contributed by atoms with Crippen molar-refractivity contribution in [2.24, 2.45) is 0 Å². The van der Waals surface area contributed by atoms with Crippen molar-refractivity contribution in [1.29, 1.82) is 0 Å². The van der Waals surface area contributed by atoms with Gasteiger partial charge < -0.3 is 15.4 Å². The predicted molar refractivity (Wildman–Crippen MR) is 94.7 cm³/mol. The molecule has 23 heavy (non-hydrogen) atoms. The molecule has 3 heterocycles. The molecule has 3 aromatic heterocycles. The molecule has 0 aromatic carbocycles. The van der Waals surface area contributed by atoms with Crippen LogP contribution in [0.15, 0.2) is 17.2 Å². The Morgan fingerprint density at radius 2 is 1.96 bits per heavy atom. The smallest absolute Gasteiger partial charge is 0.262 e. The highest BCUT2D eigenvalue weighted by Gasteiger charge is 2.16. The number of hydrogen-bond acceptors (Lipinski definition) is 3. The van der Waals surface area contributed by atoms with E-state index in [4.69, 9.17) is 10.7 Å². The lowest BCUT2D eigenvalue weighted by Gasteiger charge is -2.04. The van der Waals surface area contributed by atoms with Crippen LogP contribution in [0.4, 0.5) is 5.69 Å². The van der Waals surface area contributed by atoms with E-state index in [9.17, 15) is 4.79 Å². The van der Waals surface area contributed by atoms with Gasteiger partial charge in [-0.05, 0) is 12.8 Å². The molecule has 0 spiro atoms. The van der Waals surface area contributed by atoms with E-state index in [0.29, 0.717) is 16.6 Å². The topological polar surface area (TPSA) is 81.6 Å². The third-order valence-corrected chi connectivity index (χ3v) is 4.39. The fourth-order valence-electron chi connectivity index (χ4n) is 3.03. The second-order valence-corrected chi connectivity index (χ2v) is 6.14. The average Bonchev–Trinajstić information content (AvgIpc) is 3.08. The van der Waals surface area contributed by atoms with Gasteiger partial charge in [-0.3, -0.25) is 9.48 Å². The normalized spacial score (nSPS) is 11.7. The van der Waals surface area contributed by atoms with Crippen LogP contribution in [0.3, 0.4) is 0 Å². The predicted octanol–water partition coefficient (Wildman–Crippen LogP) is 3.25. The maximum Gasteiger partial charge on any atom is 0.262 e. The number of fused-ring (bicyclic) bond motifs is 2. The number of nitrogens with one attached hydrogen (secondary N) is 1. The molecule has 0 saturated carbocycles. The molecule has 0 bridgehead atoms. The molecule has 3 aromatic rings. The van der Waals surface area contributed by atoms with Gasteiger partial charge in [-0.25, -0.2) is 4.98 Å². The minimum Gasteiger partial charge on any atom is -0.397 e. The first-order valence-corrected chi connectivity index (χ1v) is 8.53. The minimum absolute atomic E-state index is 0.0286. The van der Waals surface area contributed by atoms with Crippen molar-refractivity contribution in [3.05, 3.63) is 22.7 Å². The Labute approximate surface area is 135 Å². The monoisotopic (exact) mass is 315 g/mol. The Hall–Kier alpha value is -2.24. The van der Waals surface area contributed by atoms with Gasteiger partial charge in [0.15, 0.2) is 5.65 Å². The van der Waals surface area contributed by atoms with Gasteiger partial charge in [-0.15, -0.1) is 0 Å². The second-order valence-electron chi connectivity index (χ2n) is 6.14. The number of anilines is 1. The van der Waals surface area contributed by atoms with E-state index < -0.39 is 0 Å². The molecule has 0 aliphatic carbocycles. The molecule has 0 amide bonds. The van der Waals surface area contributed by atoms with Crippen molar-refractivity contribution >= 4 is 27.6 Å². The Morgan fingerprint density at radius 1 is 1.17 bits per heavy atom. The van der Waals surface area contributed by atoms with E-state index in [0.717, 1.165) is 43.4 Å².